The van der Waals surface area contributed by atoms with Crippen LogP contribution in [0.4, 0.5) is 16.2 Å². The molecule has 0 spiro atoms. The summed E-state index contributed by atoms with van der Waals surface area (Å²) in [5.74, 6) is -1.15. The molecule has 1 amide bonds. The van der Waals surface area contributed by atoms with Crippen LogP contribution in [0.2, 0.25) is 0 Å². The fraction of sp³-hybridized carbons (Fsp3) is 0.273. The molecule has 1 rings (SSSR count). The van der Waals surface area contributed by atoms with Crippen LogP contribution in [0.3, 0.4) is 0 Å². The smallest absolute Gasteiger partial charge is 0.414 e. The molecule has 6 heteroatoms. The van der Waals surface area contributed by atoms with E-state index in [4.69, 9.17) is 15.6 Å². The van der Waals surface area contributed by atoms with Crippen molar-refractivity contribution < 1.29 is 19.4 Å². The molecule has 0 heterocycles. The van der Waals surface area contributed by atoms with E-state index < -0.39 is 12.1 Å². The van der Waals surface area contributed by atoms with Gasteiger partial charge in [0.25, 0.3) is 0 Å². The number of carboxylic acid groups (broad SMARTS) is 1. The number of carbonyl (C=O) groups excluding carboxylic acids is 1. The monoisotopic (exact) mass is 238 g/mol. The third kappa shape index (κ3) is 2.87. The first-order valence-electron chi connectivity index (χ1n) is 5.00. The molecule has 0 aliphatic carbocycles. The number of carboxylic acids is 1. The first-order valence-corrected chi connectivity index (χ1v) is 5.00. The number of nitrogen functional groups attached to an aromatic ring is 1. The second-order valence-corrected chi connectivity index (χ2v) is 3.34. The van der Waals surface area contributed by atoms with Crippen molar-refractivity contribution in [1.29, 1.82) is 0 Å². The van der Waals surface area contributed by atoms with Gasteiger partial charge in [-0.3, -0.25) is 4.90 Å². The van der Waals surface area contributed by atoms with Crippen LogP contribution < -0.4 is 10.6 Å². The van der Waals surface area contributed by atoms with E-state index in [-0.39, 0.29) is 17.9 Å². The summed E-state index contributed by atoms with van der Waals surface area (Å²) in [6, 6.07) is 4.29. The summed E-state index contributed by atoms with van der Waals surface area (Å²) in [5, 5.41) is 9.02. The molecule has 0 unspecified atom stereocenters. The molecule has 6 nitrogen and oxygen atoms in total. The fourth-order valence-electron chi connectivity index (χ4n) is 1.34. The molecule has 1 aromatic rings. The molecule has 0 bridgehead atoms. The number of benzene rings is 1. The van der Waals surface area contributed by atoms with Gasteiger partial charge in [0.2, 0.25) is 0 Å². The van der Waals surface area contributed by atoms with Crippen molar-refractivity contribution in [2.24, 2.45) is 0 Å². The van der Waals surface area contributed by atoms with Crippen molar-refractivity contribution in [3.8, 4) is 0 Å². The van der Waals surface area contributed by atoms with Crippen molar-refractivity contribution in [3.63, 3.8) is 0 Å². The molecule has 0 saturated carbocycles. The summed E-state index contributed by atoms with van der Waals surface area (Å²) in [5.41, 5.74) is 6.02. The summed E-state index contributed by atoms with van der Waals surface area (Å²) in [6.45, 7) is 1.90. The third-order valence-electron chi connectivity index (χ3n) is 2.15. The Morgan fingerprint density at radius 2 is 2.12 bits per heavy atom. The van der Waals surface area contributed by atoms with E-state index in [1.54, 1.807) is 6.92 Å². The number of anilines is 2. The zero-order chi connectivity index (χ0) is 13.0. The standard InChI is InChI=1S/C11H14N2O4/c1-3-17-11(16)13(2)9-5-4-7(12)6-8(9)10(14)15/h4-6H,3,12H2,1-2H3,(H,14,15). The lowest BCUT2D eigenvalue weighted by Crippen LogP contribution is -2.28. The quantitative estimate of drug-likeness (QED) is 0.779. The Morgan fingerprint density at radius 1 is 1.47 bits per heavy atom. The highest BCUT2D eigenvalue weighted by Crippen LogP contribution is 2.22. The van der Waals surface area contributed by atoms with Crippen LogP contribution >= 0.6 is 0 Å². The number of hydrogen-bond acceptors (Lipinski definition) is 4. The van der Waals surface area contributed by atoms with Crippen LogP contribution in [0.25, 0.3) is 0 Å². The van der Waals surface area contributed by atoms with Crippen molar-refractivity contribution in [3.05, 3.63) is 23.8 Å². The molecule has 1 aromatic carbocycles. The zero-order valence-electron chi connectivity index (χ0n) is 9.64. The lowest BCUT2D eigenvalue weighted by atomic mass is 10.1. The maximum Gasteiger partial charge on any atom is 0.414 e. The van der Waals surface area contributed by atoms with Crippen molar-refractivity contribution in [2.45, 2.75) is 6.92 Å². The Labute approximate surface area is 98.6 Å². The van der Waals surface area contributed by atoms with E-state index in [1.807, 2.05) is 0 Å². The fourth-order valence-corrected chi connectivity index (χ4v) is 1.34. The first-order chi connectivity index (χ1) is 7.97. The summed E-state index contributed by atoms with van der Waals surface area (Å²) < 4.78 is 4.79. The number of ether oxygens (including phenoxy) is 1. The van der Waals surface area contributed by atoms with Crippen LogP contribution in [0.5, 0.6) is 0 Å². The first kappa shape index (κ1) is 12.8. The van der Waals surface area contributed by atoms with Crippen LogP contribution in [0.1, 0.15) is 17.3 Å². The Hall–Kier alpha value is -2.24. The van der Waals surface area contributed by atoms with Gasteiger partial charge in [-0.05, 0) is 25.1 Å². The van der Waals surface area contributed by atoms with E-state index in [1.165, 1.54) is 25.2 Å². The highest BCUT2D eigenvalue weighted by Gasteiger charge is 2.19. The number of aromatic carboxylic acids is 1. The van der Waals surface area contributed by atoms with Gasteiger partial charge in [0.1, 0.15) is 0 Å². The van der Waals surface area contributed by atoms with Crippen molar-refractivity contribution >= 4 is 23.4 Å². The Balaban J connectivity index is 3.12. The zero-order valence-corrected chi connectivity index (χ0v) is 9.64. The van der Waals surface area contributed by atoms with Gasteiger partial charge >= 0.3 is 12.1 Å². The van der Waals surface area contributed by atoms with Crippen molar-refractivity contribution in [2.75, 3.05) is 24.3 Å². The normalized spacial score (nSPS) is 9.76. The van der Waals surface area contributed by atoms with Crippen LogP contribution in [-0.4, -0.2) is 30.8 Å². The Morgan fingerprint density at radius 3 is 2.65 bits per heavy atom. The number of rotatable bonds is 3. The lowest BCUT2D eigenvalue weighted by Gasteiger charge is -2.18. The number of amides is 1. The number of nitrogens with zero attached hydrogens (tertiary/aromatic N) is 1. The van der Waals surface area contributed by atoms with Gasteiger partial charge in [0.15, 0.2) is 0 Å². The van der Waals surface area contributed by atoms with Crippen LogP contribution in [0, 0.1) is 0 Å². The predicted octanol–water partition coefficient (Wildman–Crippen LogP) is 1.56. The summed E-state index contributed by atoms with van der Waals surface area (Å²) >= 11 is 0. The van der Waals surface area contributed by atoms with Gasteiger partial charge in [0.05, 0.1) is 17.9 Å². The number of nitrogens with two attached hydrogens (primary N) is 1. The minimum absolute atomic E-state index is 0.0412. The van der Waals surface area contributed by atoms with Gasteiger partial charge in [-0.1, -0.05) is 0 Å². The molecule has 0 aliphatic rings. The van der Waals surface area contributed by atoms with Gasteiger partial charge in [-0.25, -0.2) is 9.59 Å². The van der Waals surface area contributed by atoms with E-state index in [9.17, 15) is 9.59 Å². The van der Waals surface area contributed by atoms with Crippen LogP contribution in [0.15, 0.2) is 18.2 Å². The van der Waals surface area contributed by atoms with E-state index in [0.717, 1.165) is 4.90 Å². The molecule has 0 atom stereocenters. The highest BCUT2D eigenvalue weighted by molar-refractivity contribution is 6.00. The Bertz CT molecular complexity index is 445. The second kappa shape index (κ2) is 5.20. The third-order valence-corrected chi connectivity index (χ3v) is 2.15. The van der Waals surface area contributed by atoms with Crippen molar-refractivity contribution in [1.82, 2.24) is 0 Å². The molecular formula is C11H14N2O4. The molecule has 0 aliphatic heterocycles. The van der Waals surface area contributed by atoms with E-state index >= 15 is 0 Å². The maximum atomic E-state index is 11.5. The average Bonchev–Trinajstić information content (AvgIpc) is 2.28. The molecule has 92 valence electrons. The predicted molar refractivity (Wildman–Crippen MR) is 63.2 cm³/mol. The topological polar surface area (TPSA) is 92.9 Å². The van der Waals surface area contributed by atoms with Gasteiger partial charge in [-0.2, -0.15) is 0 Å². The average molecular weight is 238 g/mol. The summed E-state index contributed by atoms with van der Waals surface area (Å²) in [6.07, 6.45) is -0.611. The van der Waals surface area contributed by atoms with Crippen LogP contribution in [-0.2, 0) is 4.74 Å². The number of carbonyl (C=O) groups is 2. The lowest BCUT2D eigenvalue weighted by molar-refractivity contribution is 0.0697. The molecule has 0 fully saturated rings. The molecule has 3 N–H and O–H groups in total. The molecule has 0 aromatic heterocycles. The maximum absolute atomic E-state index is 11.5. The largest absolute Gasteiger partial charge is 0.478 e. The minimum atomic E-state index is -1.15. The number of hydrogen-bond donors (Lipinski definition) is 2. The summed E-state index contributed by atoms with van der Waals surface area (Å²) in [4.78, 5) is 23.6. The summed E-state index contributed by atoms with van der Waals surface area (Å²) in [7, 11) is 1.44. The molecular weight excluding hydrogens is 224 g/mol. The SMILES string of the molecule is CCOC(=O)N(C)c1ccc(N)cc1C(=O)O. The molecule has 0 saturated heterocycles. The van der Waals surface area contributed by atoms with E-state index in [2.05, 4.69) is 0 Å². The van der Waals surface area contributed by atoms with Gasteiger partial charge in [0, 0.05) is 12.7 Å². The minimum Gasteiger partial charge on any atom is -0.478 e. The van der Waals surface area contributed by atoms with Gasteiger partial charge in [-0.15, -0.1) is 0 Å². The van der Waals surface area contributed by atoms with E-state index in [0.29, 0.717) is 5.69 Å². The Kier molecular flexibility index (Phi) is 3.92. The molecule has 0 radical (unpaired) electrons. The highest BCUT2D eigenvalue weighted by atomic mass is 16.6. The second-order valence-electron chi connectivity index (χ2n) is 3.34. The van der Waals surface area contributed by atoms with Gasteiger partial charge < -0.3 is 15.6 Å². The molecule has 17 heavy (non-hydrogen) atoms.